The smallest absolute Gasteiger partial charge is 0.266 e. The molecule has 0 radical (unpaired) electrons. The molecular formula is C30H23ClN2O3. The fourth-order valence-corrected chi connectivity index (χ4v) is 3.79. The van der Waals surface area contributed by atoms with Gasteiger partial charge in [0.25, 0.3) is 5.91 Å². The van der Waals surface area contributed by atoms with Crippen molar-refractivity contribution in [2.75, 3.05) is 11.9 Å². The number of nitrogens with one attached hydrogen (secondary N) is 1. The van der Waals surface area contributed by atoms with Gasteiger partial charge in [-0.3, -0.25) is 4.79 Å². The van der Waals surface area contributed by atoms with Crippen LogP contribution >= 0.6 is 11.6 Å². The van der Waals surface area contributed by atoms with Gasteiger partial charge < -0.3 is 14.8 Å². The first-order valence-electron chi connectivity index (χ1n) is 11.2. The molecule has 0 spiro atoms. The summed E-state index contributed by atoms with van der Waals surface area (Å²) in [6.07, 6.45) is 3.19. The predicted molar refractivity (Wildman–Crippen MR) is 144 cm³/mol. The monoisotopic (exact) mass is 494 g/mol. The summed E-state index contributed by atoms with van der Waals surface area (Å²) in [4.78, 5) is 12.9. The summed E-state index contributed by atoms with van der Waals surface area (Å²) in [5.41, 5.74) is 2.02. The van der Waals surface area contributed by atoms with Crippen LogP contribution in [0.5, 0.6) is 11.5 Å². The molecule has 4 rings (SSSR count). The first-order valence-corrected chi connectivity index (χ1v) is 11.6. The number of carbonyl (C=O) groups excluding carboxylic acids is 1. The van der Waals surface area contributed by atoms with E-state index in [-0.39, 0.29) is 5.57 Å². The Balaban J connectivity index is 1.51. The highest BCUT2D eigenvalue weighted by atomic mass is 35.5. The zero-order valence-corrected chi connectivity index (χ0v) is 20.2. The van der Waals surface area contributed by atoms with Crippen LogP contribution in [0.4, 0.5) is 5.69 Å². The van der Waals surface area contributed by atoms with E-state index < -0.39 is 5.91 Å². The third kappa shape index (κ3) is 5.93. The lowest BCUT2D eigenvalue weighted by Crippen LogP contribution is -2.13. The molecule has 0 saturated carbocycles. The molecule has 36 heavy (non-hydrogen) atoms. The molecule has 0 aliphatic carbocycles. The molecular weight excluding hydrogens is 472 g/mol. The van der Waals surface area contributed by atoms with E-state index in [0.717, 1.165) is 16.3 Å². The average molecular weight is 495 g/mol. The highest BCUT2D eigenvalue weighted by Crippen LogP contribution is 2.30. The normalized spacial score (nSPS) is 10.9. The van der Waals surface area contributed by atoms with Gasteiger partial charge in [0.1, 0.15) is 36.4 Å². The van der Waals surface area contributed by atoms with Crippen molar-refractivity contribution < 1.29 is 14.3 Å². The Bertz CT molecular complexity index is 1470. The summed E-state index contributed by atoms with van der Waals surface area (Å²) >= 11 is 6.17. The number of hydrogen-bond acceptors (Lipinski definition) is 4. The molecule has 0 aliphatic heterocycles. The van der Waals surface area contributed by atoms with Gasteiger partial charge in [-0.05, 0) is 53.2 Å². The standard InChI is InChI=1S/C30H23ClN2O3/c1-2-17-35-29-16-11-21-7-3-5-9-26(21)27(29)18-23(19-32)30(34)33-24-12-14-25(15-13-24)36-20-22-8-4-6-10-28(22)31/h2-16,18H,1,17,20H2,(H,33,34)/b23-18+. The molecule has 4 aromatic carbocycles. The number of benzene rings is 4. The number of fused-ring (bicyclic) bond motifs is 1. The summed E-state index contributed by atoms with van der Waals surface area (Å²) in [5.74, 6) is 0.669. The van der Waals surface area contributed by atoms with Gasteiger partial charge in [-0.25, -0.2) is 0 Å². The third-order valence-electron chi connectivity index (χ3n) is 5.41. The number of anilines is 1. The minimum atomic E-state index is -0.523. The zero-order valence-electron chi connectivity index (χ0n) is 19.4. The van der Waals surface area contributed by atoms with Crippen LogP contribution in [0.3, 0.4) is 0 Å². The average Bonchev–Trinajstić information content (AvgIpc) is 2.91. The number of halogens is 1. The molecule has 0 saturated heterocycles. The summed E-state index contributed by atoms with van der Waals surface area (Å²) < 4.78 is 11.6. The molecule has 5 nitrogen and oxygen atoms in total. The van der Waals surface area contributed by atoms with Crippen molar-refractivity contribution in [3.8, 4) is 17.6 Å². The minimum absolute atomic E-state index is 0.0474. The third-order valence-corrected chi connectivity index (χ3v) is 5.77. The van der Waals surface area contributed by atoms with Gasteiger partial charge in [-0.15, -0.1) is 0 Å². The molecule has 0 heterocycles. The van der Waals surface area contributed by atoms with Gasteiger partial charge in [0.05, 0.1) is 0 Å². The van der Waals surface area contributed by atoms with Crippen LogP contribution < -0.4 is 14.8 Å². The number of carbonyl (C=O) groups is 1. The first-order chi connectivity index (χ1) is 17.6. The van der Waals surface area contributed by atoms with Gasteiger partial charge in [0.15, 0.2) is 0 Å². The van der Waals surface area contributed by atoms with E-state index in [4.69, 9.17) is 21.1 Å². The predicted octanol–water partition coefficient (Wildman–Crippen LogP) is 7.18. The van der Waals surface area contributed by atoms with E-state index in [1.54, 1.807) is 36.4 Å². The molecule has 0 atom stereocenters. The van der Waals surface area contributed by atoms with Crippen LogP contribution in [-0.4, -0.2) is 12.5 Å². The second kappa shape index (κ2) is 11.7. The molecule has 0 fully saturated rings. The fraction of sp³-hybridized carbons (Fsp3) is 0.0667. The number of ether oxygens (including phenoxy) is 2. The van der Waals surface area contributed by atoms with Crippen LogP contribution in [0.2, 0.25) is 5.02 Å². The lowest BCUT2D eigenvalue weighted by molar-refractivity contribution is -0.112. The SMILES string of the molecule is C=CCOc1ccc2ccccc2c1/C=C(\C#N)C(=O)Nc1ccc(OCc2ccccc2Cl)cc1. The summed E-state index contributed by atoms with van der Waals surface area (Å²) in [6, 6.07) is 27.9. The summed E-state index contributed by atoms with van der Waals surface area (Å²) in [7, 11) is 0. The number of nitrogens with zero attached hydrogens (tertiary/aromatic N) is 1. The second-order valence-electron chi connectivity index (χ2n) is 7.83. The quantitative estimate of drug-likeness (QED) is 0.152. The minimum Gasteiger partial charge on any atom is -0.489 e. The van der Waals surface area contributed by atoms with Gasteiger partial charge >= 0.3 is 0 Å². The van der Waals surface area contributed by atoms with Gasteiger partial charge in [-0.1, -0.05) is 72.8 Å². The molecule has 1 N–H and O–H groups in total. The van der Waals surface area contributed by atoms with Crippen molar-refractivity contribution in [2.45, 2.75) is 6.61 Å². The second-order valence-corrected chi connectivity index (χ2v) is 8.23. The van der Waals surface area contributed by atoms with Crippen molar-refractivity contribution in [2.24, 2.45) is 0 Å². The van der Waals surface area contributed by atoms with Crippen LogP contribution in [0.1, 0.15) is 11.1 Å². The van der Waals surface area contributed by atoms with Gasteiger partial charge in [-0.2, -0.15) is 5.26 Å². The Labute approximate surface area is 214 Å². The molecule has 6 heteroatoms. The van der Waals surface area contributed by atoms with Crippen molar-refractivity contribution >= 4 is 40.0 Å². The van der Waals surface area contributed by atoms with Crippen LogP contribution in [-0.2, 0) is 11.4 Å². The van der Waals surface area contributed by atoms with Crippen molar-refractivity contribution in [1.29, 1.82) is 5.26 Å². The number of amides is 1. The maximum atomic E-state index is 12.9. The fourth-order valence-electron chi connectivity index (χ4n) is 3.60. The van der Waals surface area contributed by atoms with Crippen LogP contribution in [0, 0.1) is 11.3 Å². The molecule has 178 valence electrons. The Morgan fingerprint density at radius 1 is 0.972 bits per heavy atom. The Kier molecular flexibility index (Phi) is 8.02. The molecule has 0 bridgehead atoms. The van der Waals surface area contributed by atoms with E-state index in [1.165, 1.54) is 0 Å². The maximum Gasteiger partial charge on any atom is 0.266 e. The summed E-state index contributed by atoms with van der Waals surface area (Å²) in [6.45, 7) is 4.32. The number of rotatable bonds is 9. The van der Waals surface area contributed by atoms with E-state index in [1.807, 2.05) is 66.7 Å². The maximum absolute atomic E-state index is 12.9. The van der Waals surface area contributed by atoms with Crippen LogP contribution in [0.15, 0.2) is 103 Å². The van der Waals surface area contributed by atoms with Crippen molar-refractivity contribution in [3.05, 3.63) is 119 Å². The van der Waals surface area contributed by atoms with E-state index in [2.05, 4.69) is 11.9 Å². The lowest BCUT2D eigenvalue weighted by Gasteiger charge is -2.12. The first kappa shape index (κ1) is 24.6. The molecule has 0 aliphatic rings. The topological polar surface area (TPSA) is 71.3 Å². The van der Waals surface area contributed by atoms with Gasteiger partial charge in [0.2, 0.25) is 0 Å². The Hall–Kier alpha value is -4.53. The van der Waals surface area contributed by atoms with Crippen molar-refractivity contribution in [3.63, 3.8) is 0 Å². The highest BCUT2D eigenvalue weighted by molar-refractivity contribution is 6.31. The van der Waals surface area contributed by atoms with Crippen molar-refractivity contribution in [1.82, 2.24) is 0 Å². The van der Waals surface area contributed by atoms with Gasteiger partial charge in [0, 0.05) is 21.8 Å². The highest BCUT2D eigenvalue weighted by Gasteiger charge is 2.14. The molecule has 0 unspecified atom stereocenters. The van der Waals surface area contributed by atoms with E-state index in [9.17, 15) is 10.1 Å². The molecule has 4 aromatic rings. The number of hydrogen-bond donors (Lipinski definition) is 1. The van der Waals surface area contributed by atoms with E-state index in [0.29, 0.717) is 41.0 Å². The molecule has 0 aromatic heterocycles. The van der Waals surface area contributed by atoms with E-state index >= 15 is 0 Å². The number of nitriles is 1. The lowest BCUT2D eigenvalue weighted by atomic mass is 10.0. The van der Waals surface area contributed by atoms with Crippen LogP contribution in [0.25, 0.3) is 16.8 Å². The largest absolute Gasteiger partial charge is 0.489 e. The molecule has 1 amide bonds. The Morgan fingerprint density at radius 2 is 1.72 bits per heavy atom. The summed E-state index contributed by atoms with van der Waals surface area (Å²) in [5, 5.41) is 15.0. The Morgan fingerprint density at radius 3 is 2.47 bits per heavy atom. The zero-order chi connectivity index (χ0) is 25.3.